The fourth-order valence-corrected chi connectivity index (χ4v) is 2.86. The number of benzene rings is 2. The van der Waals surface area contributed by atoms with Crippen LogP contribution in [0.2, 0.25) is 0 Å². The van der Waals surface area contributed by atoms with Gasteiger partial charge in [-0.05, 0) is 30.5 Å². The Balaban J connectivity index is 1.83. The van der Waals surface area contributed by atoms with Crippen LogP contribution in [-0.4, -0.2) is 21.7 Å². The van der Waals surface area contributed by atoms with Gasteiger partial charge in [-0.3, -0.25) is 14.2 Å². The maximum atomic E-state index is 12.4. The maximum Gasteiger partial charge on any atom is 0.261 e. The standard InChI is InChI=1S/C17H15N3O2S/c1-23-15-9-5-4-8-14(15)19-16(21)10-20-11-18-13-7-3-2-6-12(13)17(20)22/h2-9,11H,10H2,1H3,(H,19,21). The van der Waals surface area contributed by atoms with Crippen molar-refractivity contribution in [2.24, 2.45) is 0 Å². The van der Waals surface area contributed by atoms with E-state index in [2.05, 4.69) is 10.3 Å². The summed E-state index contributed by atoms with van der Waals surface area (Å²) in [6.07, 6.45) is 3.35. The number of rotatable bonds is 4. The van der Waals surface area contributed by atoms with Gasteiger partial charge in [0.25, 0.3) is 5.56 Å². The van der Waals surface area contributed by atoms with E-state index in [1.54, 1.807) is 30.0 Å². The molecule has 3 aromatic rings. The highest BCUT2D eigenvalue weighted by Crippen LogP contribution is 2.24. The summed E-state index contributed by atoms with van der Waals surface area (Å²) in [4.78, 5) is 29.8. The highest BCUT2D eigenvalue weighted by atomic mass is 32.2. The molecule has 2 aromatic carbocycles. The highest BCUT2D eigenvalue weighted by molar-refractivity contribution is 7.98. The largest absolute Gasteiger partial charge is 0.324 e. The Bertz CT molecular complexity index is 921. The number of anilines is 1. The first-order valence-corrected chi connectivity index (χ1v) is 8.28. The molecule has 0 fully saturated rings. The summed E-state index contributed by atoms with van der Waals surface area (Å²) in [5.74, 6) is -0.259. The first-order chi connectivity index (χ1) is 11.2. The zero-order valence-corrected chi connectivity index (χ0v) is 13.3. The van der Waals surface area contributed by atoms with E-state index < -0.39 is 0 Å². The van der Waals surface area contributed by atoms with Crippen LogP contribution < -0.4 is 10.9 Å². The van der Waals surface area contributed by atoms with E-state index in [0.717, 1.165) is 10.6 Å². The second-order valence-corrected chi connectivity index (χ2v) is 5.79. The van der Waals surface area contributed by atoms with Crippen molar-refractivity contribution in [1.82, 2.24) is 9.55 Å². The van der Waals surface area contributed by atoms with Crippen molar-refractivity contribution in [2.45, 2.75) is 11.4 Å². The molecule has 0 saturated heterocycles. The number of carbonyl (C=O) groups is 1. The number of aromatic nitrogens is 2. The number of nitrogens with one attached hydrogen (secondary N) is 1. The molecule has 6 heteroatoms. The Morgan fingerprint density at radius 3 is 2.74 bits per heavy atom. The maximum absolute atomic E-state index is 12.4. The zero-order chi connectivity index (χ0) is 16.2. The number of carbonyl (C=O) groups excluding carboxylic acids is 1. The van der Waals surface area contributed by atoms with Crippen molar-refractivity contribution in [3.05, 3.63) is 65.2 Å². The van der Waals surface area contributed by atoms with Crippen LogP contribution >= 0.6 is 11.8 Å². The van der Waals surface area contributed by atoms with Crippen LogP contribution in [0.25, 0.3) is 10.9 Å². The lowest BCUT2D eigenvalue weighted by Crippen LogP contribution is -2.28. The first-order valence-electron chi connectivity index (χ1n) is 7.06. The molecule has 0 spiro atoms. The molecule has 1 N–H and O–H groups in total. The highest BCUT2D eigenvalue weighted by Gasteiger charge is 2.09. The zero-order valence-electron chi connectivity index (χ0n) is 12.5. The molecule has 0 saturated carbocycles. The molecular weight excluding hydrogens is 310 g/mol. The van der Waals surface area contributed by atoms with Crippen LogP contribution in [0.4, 0.5) is 5.69 Å². The fraction of sp³-hybridized carbons (Fsp3) is 0.118. The van der Waals surface area contributed by atoms with Crippen molar-refractivity contribution in [1.29, 1.82) is 0 Å². The van der Waals surface area contributed by atoms with E-state index in [-0.39, 0.29) is 18.0 Å². The van der Waals surface area contributed by atoms with E-state index in [1.807, 2.05) is 36.6 Å². The van der Waals surface area contributed by atoms with Gasteiger partial charge in [0.15, 0.2) is 0 Å². The van der Waals surface area contributed by atoms with E-state index in [9.17, 15) is 9.59 Å². The summed E-state index contributed by atoms with van der Waals surface area (Å²) >= 11 is 1.55. The lowest BCUT2D eigenvalue weighted by Gasteiger charge is -2.10. The van der Waals surface area contributed by atoms with Crippen LogP contribution in [0.15, 0.2) is 64.5 Å². The Morgan fingerprint density at radius 2 is 1.91 bits per heavy atom. The molecule has 0 radical (unpaired) electrons. The smallest absolute Gasteiger partial charge is 0.261 e. The molecular formula is C17H15N3O2S. The topological polar surface area (TPSA) is 64.0 Å². The molecule has 3 rings (SSSR count). The van der Waals surface area contributed by atoms with Crippen LogP contribution in [0, 0.1) is 0 Å². The lowest BCUT2D eigenvalue weighted by atomic mass is 10.2. The summed E-state index contributed by atoms with van der Waals surface area (Å²) in [5.41, 5.74) is 1.15. The molecule has 5 nitrogen and oxygen atoms in total. The van der Waals surface area contributed by atoms with Gasteiger partial charge in [-0.1, -0.05) is 24.3 Å². The van der Waals surface area contributed by atoms with Gasteiger partial charge in [-0.2, -0.15) is 0 Å². The average molecular weight is 325 g/mol. The van der Waals surface area contributed by atoms with E-state index in [4.69, 9.17) is 0 Å². The number of para-hydroxylation sites is 2. The molecule has 116 valence electrons. The van der Waals surface area contributed by atoms with E-state index in [1.165, 1.54) is 10.9 Å². The normalized spacial score (nSPS) is 10.7. The Hall–Kier alpha value is -2.60. The Morgan fingerprint density at radius 1 is 1.17 bits per heavy atom. The van der Waals surface area contributed by atoms with Crippen molar-refractivity contribution in [2.75, 3.05) is 11.6 Å². The Labute approximate surface area is 137 Å². The lowest BCUT2D eigenvalue weighted by molar-refractivity contribution is -0.116. The fourth-order valence-electron chi connectivity index (χ4n) is 2.31. The molecule has 0 aliphatic carbocycles. The van der Waals surface area contributed by atoms with E-state index >= 15 is 0 Å². The summed E-state index contributed by atoms with van der Waals surface area (Å²) < 4.78 is 1.32. The summed E-state index contributed by atoms with van der Waals surface area (Å²) in [6.45, 7) is -0.0701. The number of amides is 1. The van der Waals surface area contributed by atoms with Gasteiger partial charge in [0.2, 0.25) is 5.91 Å². The second-order valence-electron chi connectivity index (χ2n) is 4.94. The number of hydrogen-bond donors (Lipinski definition) is 1. The van der Waals surface area contributed by atoms with E-state index in [0.29, 0.717) is 10.9 Å². The second kappa shape index (κ2) is 6.66. The summed E-state index contributed by atoms with van der Waals surface area (Å²) in [5, 5.41) is 3.34. The Kier molecular flexibility index (Phi) is 4.43. The first kappa shape index (κ1) is 15.3. The molecule has 1 amide bonds. The molecule has 1 aromatic heterocycles. The van der Waals surface area contributed by atoms with Gasteiger partial charge < -0.3 is 5.32 Å². The quantitative estimate of drug-likeness (QED) is 0.749. The molecule has 0 aliphatic heterocycles. The predicted molar refractivity (Wildman–Crippen MR) is 92.9 cm³/mol. The molecule has 0 unspecified atom stereocenters. The van der Waals surface area contributed by atoms with Gasteiger partial charge >= 0.3 is 0 Å². The van der Waals surface area contributed by atoms with Crippen molar-refractivity contribution >= 4 is 34.3 Å². The monoisotopic (exact) mass is 325 g/mol. The molecule has 23 heavy (non-hydrogen) atoms. The third-order valence-electron chi connectivity index (χ3n) is 3.43. The number of fused-ring (bicyclic) bond motifs is 1. The van der Waals surface area contributed by atoms with Crippen molar-refractivity contribution in [3.63, 3.8) is 0 Å². The number of thioether (sulfide) groups is 1. The van der Waals surface area contributed by atoms with Crippen LogP contribution in [0.5, 0.6) is 0 Å². The minimum Gasteiger partial charge on any atom is -0.324 e. The van der Waals surface area contributed by atoms with Crippen molar-refractivity contribution in [3.8, 4) is 0 Å². The molecule has 0 bridgehead atoms. The van der Waals surface area contributed by atoms with Gasteiger partial charge in [-0.25, -0.2) is 4.98 Å². The van der Waals surface area contributed by atoms with Crippen LogP contribution in [-0.2, 0) is 11.3 Å². The summed E-state index contributed by atoms with van der Waals surface area (Å²) in [7, 11) is 0. The third-order valence-corrected chi connectivity index (χ3v) is 4.22. The van der Waals surface area contributed by atoms with Gasteiger partial charge in [0.05, 0.1) is 22.9 Å². The van der Waals surface area contributed by atoms with Crippen LogP contribution in [0.3, 0.4) is 0 Å². The average Bonchev–Trinajstić information content (AvgIpc) is 2.58. The summed E-state index contributed by atoms with van der Waals surface area (Å²) in [6, 6.07) is 14.6. The van der Waals surface area contributed by atoms with Gasteiger partial charge in [0, 0.05) is 4.90 Å². The minimum absolute atomic E-state index is 0.0701. The number of nitrogens with zero attached hydrogens (tertiary/aromatic N) is 2. The molecule has 0 aliphatic rings. The predicted octanol–water partition coefficient (Wildman–Crippen LogP) is 2.76. The van der Waals surface area contributed by atoms with Crippen molar-refractivity contribution < 1.29 is 4.79 Å². The minimum atomic E-state index is -0.259. The van der Waals surface area contributed by atoms with Gasteiger partial charge in [-0.15, -0.1) is 11.8 Å². The molecule has 1 heterocycles. The van der Waals surface area contributed by atoms with Crippen LogP contribution in [0.1, 0.15) is 0 Å². The number of hydrogen-bond acceptors (Lipinski definition) is 4. The SMILES string of the molecule is CSc1ccccc1NC(=O)Cn1cnc2ccccc2c1=O. The van der Waals surface area contributed by atoms with Gasteiger partial charge in [0.1, 0.15) is 6.54 Å². The molecule has 0 atom stereocenters. The third kappa shape index (κ3) is 3.27.